The van der Waals surface area contributed by atoms with Crippen LogP contribution in [0.1, 0.15) is 6.42 Å². The molecule has 0 aromatic carbocycles. The number of aldehydes is 1. The summed E-state index contributed by atoms with van der Waals surface area (Å²) >= 11 is 0. The minimum atomic E-state index is -0.451. The van der Waals surface area contributed by atoms with Gasteiger partial charge in [-0.15, -0.1) is 0 Å². The third-order valence-electron chi connectivity index (χ3n) is 1.38. The molecule has 1 fully saturated rings. The van der Waals surface area contributed by atoms with Crippen LogP contribution in [-0.2, 0) is 4.79 Å². The van der Waals surface area contributed by atoms with Crippen molar-refractivity contribution in [1.29, 1.82) is 0 Å². The van der Waals surface area contributed by atoms with E-state index in [0.717, 1.165) is 12.8 Å². The van der Waals surface area contributed by atoms with Gasteiger partial charge in [0.25, 0.3) is 0 Å². The largest absolute Gasteiger partial charge is 0.391 e. The first-order chi connectivity index (χ1) is 3.84. The fourth-order valence-electron chi connectivity index (χ4n) is 0.852. The van der Waals surface area contributed by atoms with Crippen molar-refractivity contribution in [3.05, 3.63) is 0 Å². The number of aliphatic hydroxyl groups is 1. The molecule has 0 aromatic rings. The summed E-state index contributed by atoms with van der Waals surface area (Å²) in [6.45, 7) is 0.755. The number of rotatable bonds is 1. The molecule has 1 aliphatic rings. The number of carbonyl (C=O) groups is 1. The maximum atomic E-state index is 10.00. The van der Waals surface area contributed by atoms with E-state index < -0.39 is 6.10 Å². The molecule has 0 bridgehead atoms. The van der Waals surface area contributed by atoms with Crippen LogP contribution in [0, 0.1) is 0 Å². The van der Waals surface area contributed by atoms with Gasteiger partial charge in [-0.1, -0.05) is 0 Å². The minimum Gasteiger partial charge on any atom is -0.391 e. The zero-order chi connectivity index (χ0) is 5.98. The Morgan fingerprint density at radius 3 is 2.75 bits per heavy atom. The van der Waals surface area contributed by atoms with Crippen LogP contribution in [0.3, 0.4) is 0 Å². The average molecular weight is 115 g/mol. The molecule has 1 rings (SSSR count). The van der Waals surface area contributed by atoms with Crippen LogP contribution in [0.5, 0.6) is 0 Å². The Labute approximate surface area is 47.7 Å². The fourth-order valence-corrected chi connectivity index (χ4v) is 0.852. The van der Waals surface area contributed by atoms with E-state index in [0.29, 0.717) is 6.42 Å². The highest BCUT2D eigenvalue weighted by atomic mass is 16.3. The highest BCUT2D eigenvalue weighted by Crippen LogP contribution is 2.02. The lowest BCUT2D eigenvalue weighted by Crippen LogP contribution is -2.31. The molecule has 2 atom stereocenters. The first-order valence-corrected chi connectivity index (χ1v) is 2.71. The topological polar surface area (TPSA) is 49.3 Å². The van der Waals surface area contributed by atoms with Crippen LogP contribution < -0.4 is 5.32 Å². The van der Waals surface area contributed by atoms with E-state index >= 15 is 0 Å². The van der Waals surface area contributed by atoms with Crippen LogP contribution in [0.15, 0.2) is 0 Å². The van der Waals surface area contributed by atoms with Crippen LogP contribution >= 0.6 is 0 Å². The first kappa shape index (κ1) is 5.72. The molecule has 0 spiro atoms. The highest BCUT2D eigenvalue weighted by molar-refractivity contribution is 5.59. The van der Waals surface area contributed by atoms with Crippen LogP contribution in [0.25, 0.3) is 0 Å². The molecule has 2 N–H and O–H groups in total. The van der Waals surface area contributed by atoms with Crippen molar-refractivity contribution in [2.45, 2.75) is 18.6 Å². The molecular formula is C5H9NO2. The van der Waals surface area contributed by atoms with Crippen molar-refractivity contribution in [3.8, 4) is 0 Å². The van der Waals surface area contributed by atoms with E-state index in [1.165, 1.54) is 0 Å². The van der Waals surface area contributed by atoms with Gasteiger partial charge in [0.1, 0.15) is 6.29 Å². The Balaban J connectivity index is 2.41. The highest BCUT2D eigenvalue weighted by Gasteiger charge is 2.22. The normalized spacial score (nSPS) is 37.6. The number of nitrogens with one attached hydrogen (secondary N) is 1. The summed E-state index contributed by atoms with van der Waals surface area (Å²) in [7, 11) is 0. The molecule has 3 nitrogen and oxygen atoms in total. The Morgan fingerprint density at radius 2 is 2.50 bits per heavy atom. The molecule has 8 heavy (non-hydrogen) atoms. The Bertz CT molecular complexity index is 94.4. The summed E-state index contributed by atoms with van der Waals surface area (Å²) in [4.78, 5) is 10.00. The molecule has 2 unspecified atom stereocenters. The van der Waals surface area contributed by atoms with Crippen molar-refractivity contribution in [2.75, 3.05) is 6.54 Å². The number of aliphatic hydroxyl groups excluding tert-OH is 1. The zero-order valence-electron chi connectivity index (χ0n) is 4.50. The third kappa shape index (κ3) is 0.877. The predicted molar refractivity (Wildman–Crippen MR) is 28.5 cm³/mol. The lowest BCUT2D eigenvalue weighted by Gasteiger charge is -2.03. The van der Waals surface area contributed by atoms with Crippen LogP contribution in [0.2, 0.25) is 0 Å². The van der Waals surface area contributed by atoms with Crippen molar-refractivity contribution in [3.63, 3.8) is 0 Å². The second kappa shape index (κ2) is 2.24. The monoisotopic (exact) mass is 115 g/mol. The molecule has 1 heterocycles. The number of hydrogen-bond donors (Lipinski definition) is 2. The van der Waals surface area contributed by atoms with Crippen molar-refractivity contribution >= 4 is 6.29 Å². The van der Waals surface area contributed by atoms with E-state index in [1.54, 1.807) is 0 Å². The SMILES string of the molecule is O=CC1NCCC1O. The quantitative estimate of drug-likeness (QED) is 0.427. The molecule has 46 valence electrons. The Hall–Kier alpha value is -0.410. The summed E-state index contributed by atoms with van der Waals surface area (Å²) in [6, 6.07) is -0.310. The van der Waals surface area contributed by atoms with E-state index in [4.69, 9.17) is 5.11 Å². The van der Waals surface area contributed by atoms with E-state index in [1.807, 2.05) is 0 Å². The van der Waals surface area contributed by atoms with E-state index in [2.05, 4.69) is 5.32 Å². The van der Waals surface area contributed by atoms with E-state index in [-0.39, 0.29) is 6.04 Å². The fraction of sp³-hybridized carbons (Fsp3) is 0.800. The Kier molecular flexibility index (Phi) is 1.60. The molecule has 1 saturated heterocycles. The van der Waals surface area contributed by atoms with Gasteiger partial charge in [0.15, 0.2) is 0 Å². The van der Waals surface area contributed by atoms with E-state index in [9.17, 15) is 4.79 Å². The standard InChI is InChI=1S/C5H9NO2/c7-3-4-5(8)1-2-6-4/h3-6,8H,1-2H2. The molecule has 1 aliphatic heterocycles. The summed E-state index contributed by atoms with van der Waals surface area (Å²) in [5.74, 6) is 0. The lowest BCUT2D eigenvalue weighted by atomic mass is 10.2. The van der Waals surface area contributed by atoms with Gasteiger partial charge >= 0.3 is 0 Å². The lowest BCUT2D eigenvalue weighted by molar-refractivity contribution is -0.110. The van der Waals surface area contributed by atoms with Gasteiger partial charge in [0.2, 0.25) is 0 Å². The van der Waals surface area contributed by atoms with Crippen LogP contribution in [-0.4, -0.2) is 30.1 Å². The summed E-state index contributed by atoms with van der Waals surface area (Å²) in [6.07, 6.45) is 0.994. The zero-order valence-corrected chi connectivity index (χ0v) is 4.50. The molecular weight excluding hydrogens is 106 g/mol. The Morgan fingerprint density at radius 1 is 1.75 bits per heavy atom. The van der Waals surface area contributed by atoms with Gasteiger partial charge in [-0.05, 0) is 13.0 Å². The van der Waals surface area contributed by atoms with Gasteiger partial charge in [-0.3, -0.25) is 0 Å². The number of carbonyl (C=O) groups excluding carboxylic acids is 1. The predicted octanol–water partition coefficient (Wildman–Crippen LogP) is -1.09. The number of hydrogen-bond acceptors (Lipinski definition) is 3. The summed E-state index contributed by atoms with van der Waals surface area (Å²) < 4.78 is 0. The molecule has 0 amide bonds. The maximum Gasteiger partial charge on any atom is 0.139 e. The second-order valence-electron chi connectivity index (χ2n) is 1.97. The maximum absolute atomic E-state index is 10.00. The summed E-state index contributed by atoms with van der Waals surface area (Å²) in [5, 5.41) is 11.7. The van der Waals surface area contributed by atoms with Crippen molar-refractivity contribution in [2.24, 2.45) is 0 Å². The minimum absolute atomic E-state index is 0.310. The summed E-state index contributed by atoms with van der Waals surface area (Å²) in [5.41, 5.74) is 0. The van der Waals surface area contributed by atoms with Crippen LogP contribution in [0.4, 0.5) is 0 Å². The molecule has 3 heteroatoms. The van der Waals surface area contributed by atoms with Gasteiger partial charge in [0.05, 0.1) is 12.1 Å². The molecule has 0 saturated carbocycles. The van der Waals surface area contributed by atoms with Crippen molar-refractivity contribution in [1.82, 2.24) is 5.32 Å². The van der Waals surface area contributed by atoms with Gasteiger partial charge in [0, 0.05) is 0 Å². The first-order valence-electron chi connectivity index (χ1n) is 2.71. The third-order valence-corrected chi connectivity index (χ3v) is 1.38. The smallest absolute Gasteiger partial charge is 0.139 e. The molecule has 0 aliphatic carbocycles. The van der Waals surface area contributed by atoms with Gasteiger partial charge in [-0.2, -0.15) is 0 Å². The molecule has 0 radical (unpaired) electrons. The van der Waals surface area contributed by atoms with Gasteiger partial charge in [-0.25, -0.2) is 0 Å². The second-order valence-corrected chi connectivity index (χ2v) is 1.97. The van der Waals surface area contributed by atoms with Crippen molar-refractivity contribution < 1.29 is 9.90 Å². The molecule has 0 aromatic heterocycles. The van der Waals surface area contributed by atoms with Gasteiger partial charge < -0.3 is 15.2 Å². The average Bonchev–Trinajstić information content (AvgIpc) is 2.14.